The summed E-state index contributed by atoms with van der Waals surface area (Å²) in [6.07, 6.45) is 4.72. The Morgan fingerprint density at radius 1 is 1.05 bits per heavy atom. The van der Waals surface area contributed by atoms with Crippen LogP contribution in [0.5, 0.6) is 0 Å². The molecule has 0 aliphatic heterocycles. The van der Waals surface area contributed by atoms with Crippen molar-refractivity contribution in [2.45, 2.75) is 76.9 Å². The molecule has 0 aromatic carbocycles. The molecule has 0 saturated carbocycles. The van der Waals surface area contributed by atoms with Gasteiger partial charge in [-0.1, -0.05) is 39.0 Å². The van der Waals surface area contributed by atoms with E-state index in [-0.39, 0.29) is 6.61 Å². The van der Waals surface area contributed by atoms with E-state index in [2.05, 4.69) is 11.1 Å². The molecule has 2 atom stereocenters. The Labute approximate surface area is 122 Å². The normalized spacial score (nSPS) is 15.2. The topological polar surface area (TPSA) is 107 Å². The quantitative estimate of drug-likeness (QED) is 0.305. The number of aliphatic hydroxyl groups is 2. The van der Waals surface area contributed by atoms with E-state index in [1.807, 2.05) is 0 Å². The van der Waals surface area contributed by atoms with Gasteiger partial charge in [0.25, 0.3) is 0 Å². The van der Waals surface area contributed by atoms with Crippen molar-refractivity contribution in [3.05, 3.63) is 0 Å². The fourth-order valence-electron chi connectivity index (χ4n) is 2.06. The first-order valence-electron chi connectivity index (χ1n) is 7.33. The van der Waals surface area contributed by atoms with E-state index in [0.29, 0.717) is 25.7 Å². The number of hydrogen-bond acceptors (Lipinski definition) is 6. The molecule has 0 rings (SSSR count). The Hall–Kier alpha value is -0.210. The van der Waals surface area contributed by atoms with Crippen molar-refractivity contribution in [2.75, 3.05) is 6.61 Å². The lowest BCUT2D eigenvalue weighted by Crippen LogP contribution is -2.31. The summed E-state index contributed by atoms with van der Waals surface area (Å²) in [4.78, 5) is 0. The van der Waals surface area contributed by atoms with Crippen molar-refractivity contribution in [1.29, 1.82) is 0 Å². The van der Waals surface area contributed by atoms with E-state index in [4.69, 9.17) is 5.11 Å². The van der Waals surface area contributed by atoms with E-state index in [1.54, 1.807) is 0 Å². The highest BCUT2D eigenvalue weighted by Crippen LogP contribution is 2.17. The molecule has 7 heteroatoms. The second-order valence-electron chi connectivity index (χ2n) is 5.03. The number of aliphatic hydroxyl groups excluding tert-OH is 2. The van der Waals surface area contributed by atoms with Gasteiger partial charge in [0.1, 0.15) is 6.10 Å². The molecule has 0 aromatic heterocycles. The molecule has 0 heterocycles. The van der Waals surface area contributed by atoms with E-state index in [1.165, 1.54) is 0 Å². The van der Waals surface area contributed by atoms with Crippen LogP contribution in [0.1, 0.15) is 64.7 Å². The van der Waals surface area contributed by atoms with Crippen LogP contribution in [0.15, 0.2) is 0 Å². The zero-order valence-electron chi connectivity index (χ0n) is 12.2. The van der Waals surface area contributed by atoms with Crippen molar-refractivity contribution in [3.8, 4) is 0 Å². The molecule has 2 N–H and O–H groups in total. The molecule has 122 valence electrons. The molecule has 0 radical (unpaired) electrons. The van der Waals surface area contributed by atoms with Gasteiger partial charge in [-0.2, -0.15) is 0 Å². The molecule has 0 aliphatic carbocycles. The summed E-state index contributed by atoms with van der Waals surface area (Å²) >= 11 is 0. The smallest absolute Gasteiger partial charge is 0.217 e. The Kier molecular flexibility index (Phi) is 11.3. The fraction of sp³-hybridized carbons (Fsp3) is 1.00. The van der Waals surface area contributed by atoms with Gasteiger partial charge in [0.15, 0.2) is 0 Å². The highest BCUT2D eigenvalue weighted by molar-refractivity contribution is 7.80. The molecule has 0 aliphatic rings. The average molecular weight is 311 g/mol. The van der Waals surface area contributed by atoms with Gasteiger partial charge in [0.05, 0.1) is 6.10 Å². The number of hydrogen-bond donors (Lipinski definition) is 2. The van der Waals surface area contributed by atoms with Crippen molar-refractivity contribution in [3.63, 3.8) is 0 Å². The molecule has 0 aromatic rings. The highest BCUT2D eigenvalue weighted by atomic mass is 32.3. The van der Waals surface area contributed by atoms with Crippen LogP contribution in [0.3, 0.4) is 0 Å². The summed E-state index contributed by atoms with van der Waals surface area (Å²) in [6, 6.07) is 0. The molecule has 2 unspecified atom stereocenters. The van der Waals surface area contributed by atoms with Gasteiger partial charge in [-0.05, 0) is 25.7 Å². The van der Waals surface area contributed by atoms with Gasteiger partial charge in [0.2, 0.25) is 10.4 Å². The van der Waals surface area contributed by atoms with Crippen LogP contribution < -0.4 is 0 Å². The Morgan fingerprint density at radius 3 is 2.20 bits per heavy atom. The van der Waals surface area contributed by atoms with Gasteiger partial charge in [0, 0.05) is 6.61 Å². The lowest BCUT2D eigenvalue weighted by molar-refractivity contribution is 0.0189. The van der Waals surface area contributed by atoms with Gasteiger partial charge in [-0.3, -0.25) is 4.18 Å². The molecule has 0 bridgehead atoms. The molecular formula is C13H27O6S-. The maximum absolute atomic E-state index is 10.7. The maximum Gasteiger partial charge on any atom is 0.217 e. The number of rotatable bonds is 13. The highest BCUT2D eigenvalue weighted by Gasteiger charge is 2.21. The lowest BCUT2D eigenvalue weighted by atomic mass is 10.0. The van der Waals surface area contributed by atoms with Crippen molar-refractivity contribution < 1.29 is 27.4 Å². The monoisotopic (exact) mass is 311 g/mol. The van der Waals surface area contributed by atoms with Gasteiger partial charge < -0.3 is 14.8 Å². The van der Waals surface area contributed by atoms with E-state index in [0.717, 1.165) is 32.1 Å². The first kappa shape index (κ1) is 19.8. The van der Waals surface area contributed by atoms with Crippen LogP contribution in [0.4, 0.5) is 0 Å². The fourth-order valence-corrected chi connectivity index (χ4v) is 2.58. The van der Waals surface area contributed by atoms with Crippen LogP contribution in [0.2, 0.25) is 0 Å². The summed E-state index contributed by atoms with van der Waals surface area (Å²) in [7, 11) is -4.81. The Bertz CT molecular complexity index is 317. The third-order valence-corrected chi connectivity index (χ3v) is 3.65. The zero-order valence-corrected chi connectivity index (χ0v) is 13.0. The van der Waals surface area contributed by atoms with Crippen molar-refractivity contribution in [1.82, 2.24) is 0 Å². The van der Waals surface area contributed by atoms with Gasteiger partial charge in [-0.15, -0.1) is 0 Å². The SMILES string of the molecule is CCCCCCCC(OS(=O)(=O)[O-])C(O)CCCCO. The second-order valence-corrected chi connectivity index (χ2v) is 6.04. The third kappa shape index (κ3) is 11.6. The lowest BCUT2D eigenvalue weighted by Gasteiger charge is -2.24. The minimum atomic E-state index is -4.81. The van der Waals surface area contributed by atoms with Crippen LogP contribution >= 0.6 is 0 Å². The minimum Gasteiger partial charge on any atom is -0.726 e. The van der Waals surface area contributed by atoms with Crippen LogP contribution in [0.25, 0.3) is 0 Å². The molecule has 20 heavy (non-hydrogen) atoms. The summed E-state index contributed by atoms with van der Waals surface area (Å²) < 4.78 is 36.5. The Balaban J connectivity index is 4.18. The predicted octanol–water partition coefficient (Wildman–Crippen LogP) is 1.72. The predicted molar refractivity (Wildman–Crippen MR) is 74.9 cm³/mol. The summed E-state index contributed by atoms with van der Waals surface area (Å²) in [5.41, 5.74) is 0. The molecule has 0 spiro atoms. The van der Waals surface area contributed by atoms with Crippen LogP contribution in [-0.4, -0.2) is 42.0 Å². The van der Waals surface area contributed by atoms with Gasteiger partial charge in [-0.25, -0.2) is 8.42 Å². The maximum atomic E-state index is 10.7. The first-order chi connectivity index (χ1) is 9.40. The molecule has 0 saturated heterocycles. The number of unbranched alkanes of at least 4 members (excludes halogenated alkanes) is 5. The zero-order chi connectivity index (χ0) is 15.4. The van der Waals surface area contributed by atoms with Gasteiger partial charge >= 0.3 is 0 Å². The molecule has 0 fully saturated rings. The molecule has 6 nitrogen and oxygen atoms in total. The first-order valence-corrected chi connectivity index (χ1v) is 8.67. The van der Waals surface area contributed by atoms with Crippen molar-refractivity contribution in [2.24, 2.45) is 0 Å². The molecular weight excluding hydrogens is 284 g/mol. The van der Waals surface area contributed by atoms with Crippen molar-refractivity contribution >= 4 is 10.4 Å². The Morgan fingerprint density at radius 2 is 1.65 bits per heavy atom. The third-order valence-electron chi connectivity index (χ3n) is 3.17. The largest absolute Gasteiger partial charge is 0.726 e. The standard InChI is InChI=1S/C13H28O6S/c1-2-3-4-5-6-10-13(19-20(16,17)18)12(15)9-7-8-11-14/h12-15H,2-11H2,1H3,(H,16,17,18)/p-1. The summed E-state index contributed by atoms with van der Waals surface area (Å²) in [6.45, 7) is 2.12. The summed E-state index contributed by atoms with van der Waals surface area (Å²) in [5, 5.41) is 18.6. The van der Waals surface area contributed by atoms with E-state index < -0.39 is 22.6 Å². The summed E-state index contributed by atoms with van der Waals surface area (Å²) in [5.74, 6) is 0. The minimum absolute atomic E-state index is 0.0229. The van der Waals surface area contributed by atoms with E-state index >= 15 is 0 Å². The van der Waals surface area contributed by atoms with E-state index in [9.17, 15) is 18.1 Å². The van der Waals surface area contributed by atoms with Crippen LogP contribution in [0, 0.1) is 0 Å². The average Bonchev–Trinajstić information content (AvgIpc) is 2.36. The van der Waals surface area contributed by atoms with Crippen LogP contribution in [-0.2, 0) is 14.6 Å². The second kappa shape index (κ2) is 11.4. The molecule has 0 amide bonds.